The van der Waals surface area contributed by atoms with Crippen LogP contribution in [-0.2, 0) is 5.41 Å². The summed E-state index contributed by atoms with van der Waals surface area (Å²) >= 11 is 0. The fraction of sp³-hybridized carbons (Fsp3) is 0.208. The molecule has 0 radical (unpaired) electrons. The lowest BCUT2D eigenvalue weighted by Crippen LogP contribution is -2.55. The normalized spacial score (nSPS) is 24.8. The molecule has 7 aromatic carbocycles. The van der Waals surface area contributed by atoms with Crippen LogP contribution in [0.25, 0.3) is 66.1 Å². The second-order valence-corrected chi connectivity index (χ2v) is 15.3. The standard InChI is InChI=1S/C48H38/c1-2-10-34-27-38(19-18-32(34)8-1)36-12-5-11-35(28-36)37-13-6-14-39(29-37)43-16-7-17-44-45-21-20-33-9-3-4-15-42(33)46(45)48(47(43)44)40-23-30-22-31(25-40)26-41(48)24-30/h1-21,27-31,40-41H,22-26H2. The third kappa shape index (κ3) is 3.72. The van der Waals surface area contributed by atoms with Crippen molar-refractivity contribution in [3.05, 3.63) is 157 Å². The zero-order valence-electron chi connectivity index (χ0n) is 27.2. The van der Waals surface area contributed by atoms with Gasteiger partial charge in [0.2, 0.25) is 0 Å². The van der Waals surface area contributed by atoms with Crippen molar-refractivity contribution < 1.29 is 0 Å². The van der Waals surface area contributed by atoms with Gasteiger partial charge in [-0.1, -0.05) is 127 Å². The maximum absolute atomic E-state index is 2.47. The topological polar surface area (TPSA) is 0 Å². The minimum Gasteiger partial charge on any atom is -0.0616 e. The second-order valence-electron chi connectivity index (χ2n) is 15.3. The maximum Gasteiger partial charge on any atom is 0.0284 e. The first-order valence-corrected chi connectivity index (χ1v) is 18.1. The van der Waals surface area contributed by atoms with Crippen LogP contribution >= 0.6 is 0 Å². The molecule has 0 heteroatoms. The summed E-state index contributed by atoms with van der Waals surface area (Å²) < 4.78 is 0. The fourth-order valence-corrected chi connectivity index (χ4v) is 11.4. The first-order valence-electron chi connectivity index (χ1n) is 18.1. The van der Waals surface area contributed by atoms with Crippen molar-refractivity contribution in [2.24, 2.45) is 23.7 Å². The molecule has 0 N–H and O–H groups in total. The van der Waals surface area contributed by atoms with Gasteiger partial charge < -0.3 is 0 Å². The van der Waals surface area contributed by atoms with Crippen molar-refractivity contribution in [3.63, 3.8) is 0 Å². The number of fused-ring (bicyclic) bond motifs is 6. The number of hydrogen-bond donors (Lipinski definition) is 0. The Hall–Kier alpha value is -4.94. The lowest BCUT2D eigenvalue weighted by molar-refractivity contribution is -0.0391. The highest BCUT2D eigenvalue weighted by Crippen LogP contribution is 2.71. The molecule has 4 bridgehead atoms. The molecule has 0 aliphatic heterocycles. The summed E-state index contributed by atoms with van der Waals surface area (Å²) in [5.74, 6) is 3.29. The van der Waals surface area contributed by atoms with Gasteiger partial charge in [0.25, 0.3) is 0 Å². The number of benzene rings is 7. The third-order valence-corrected chi connectivity index (χ3v) is 13.0. The Kier molecular flexibility index (Phi) is 5.66. The van der Waals surface area contributed by atoms with Crippen LogP contribution in [-0.4, -0.2) is 0 Å². The van der Waals surface area contributed by atoms with E-state index in [9.17, 15) is 0 Å². The molecule has 0 heterocycles. The smallest absolute Gasteiger partial charge is 0.0284 e. The Morgan fingerprint density at radius 3 is 1.65 bits per heavy atom. The van der Waals surface area contributed by atoms with Crippen molar-refractivity contribution >= 4 is 21.5 Å². The van der Waals surface area contributed by atoms with Crippen LogP contribution in [0.2, 0.25) is 0 Å². The van der Waals surface area contributed by atoms with Gasteiger partial charge in [0.1, 0.15) is 0 Å². The van der Waals surface area contributed by atoms with Crippen LogP contribution in [0.5, 0.6) is 0 Å². The van der Waals surface area contributed by atoms with Crippen molar-refractivity contribution in [1.82, 2.24) is 0 Å². The predicted octanol–water partition coefficient (Wildman–Crippen LogP) is 12.7. The van der Waals surface area contributed by atoms with Gasteiger partial charge in [0.15, 0.2) is 0 Å². The largest absolute Gasteiger partial charge is 0.0616 e. The van der Waals surface area contributed by atoms with Crippen LogP contribution in [0.4, 0.5) is 0 Å². The van der Waals surface area contributed by atoms with Gasteiger partial charge >= 0.3 is 0 Å². The Bertz CT molecular complexity index is 2400. The highest BCUT2D eigenvalue weighted by Gasteiger charge is 2.62. The molecule has 0 aromatic heterocycles. The Morgan fingerprint density at radius 1 is 0.354 bits per heavy atom. The molecule has 5 aliphatic carbocycles. The zero-order chi connectivity index (χ0) is 31.4. The van der Waals surface area contributed by atoms with E-state index in [1.165, 1.54) is 98.2 Å². The first kappa shape index (κ1) is 27.1. The minimum atomic E-state index is 0.0988. The van der Waals surface area contributed by atoms with E-state index >= 15 is 0 Å². The van der Waals surface area contributed by atoms with E-state index in [0.717, 1.165) is 23.7 Å². The van der Waals surface area contributed by atoms with E-state index in [4.69, 9.17) is 0 Å². The van der Waals surface area contributed by atoms with Gasteiger partial charge in [-0.3, -0.25) is 0 Å². The molecule has 0 amide bonds. The predicted molar refractivity (Wildman–Crippen MR) is 201 cm³/mol. The Morgan fingerprint density at radius 2 is 0.896 bits per heavy atom. The fourth-order valence-electron chi connectivity index (χ4n) is 11.4. The Labute approximate surface area is 283 Å². The van der Waals surface area contributed by atoms with Gasteiger partial charge in [0.05, 0.1) is 0 Å². The molecule has 5 aliphatic rings. The van der Waals surface area contributed by atoms with E-state index in [1.807, 2.05) is 0 Å². The van der Waals surface area contributed by atoms with Gasteiger partial charge in [-0.2, -0.15) is 0 Å². The zero-order valence-corrected chi connectivity index (χ0v) is 27.2. The molecular weight excluding hydrogens is 577 g/mol. The van der Waals surface area contributed by atoms with Crippen molar-refractivity contribution in [1.29, 1.82) is 0 Å². The summed E-state index contributed by atoms with van der Waals surface area (Å²) in [4.78, 5) is 0. The van der Waals surface area contributed by atoms with E-state index in [0.29, 0.717) is 0 Å². The monoisotopic (exact) mass is 614 g/mol. The SMILES string of the molecule is c1cc(-c2cccc(-c3cccc4c3C3(c5c-4ccc4ccccc54)C4CC5CC(C4)CC3C5)c2)cc(-c2ccc3ccccc3c2)c1. The van der Waals surface area contributed by atoms with Crippen LogP contribution in [0.1, 0.15) is 43.2 Å². The molecule has 230 valence electrons. The molecule has 48 heavy (non-hydrogen) atoms. The molecule has 12 rings (SSSR count). The molecule has 0 atom stereocenters. The minimum absolute atomic E-state index is 0.0988. The quantitative estimate of drug-likeness (QED) is 0.186. The lowest BCUT2D eigenvalue weighted by Gasteiger charge is -2.61. The van der Waals surface area contributed by atoms with Crippen molar-refractivity contribution in [2.75, 3.05) is 0 Å². The van der Waals surface area contributed by atoms with Gasteiger partial charge in [-0.25, -0.2) is 0 Å². The molecule has 0 unspecified atom stereocenters. The summed E-state index contributed by atoms with van der Waals surface area (Å²) in [6, 6.07) is 55.3. The molecule has 0 nitrogen and oxygen atoms in total. The van der Waals surface area contributed by atoms with Gasteiger partial charge in [-0.05, 0) is 151 Å². The number of hydrogen-bond acceptors (Lipinski definition) is 0. The second kappa shape index (κ2) is 10.0. The molecule has 4 fully saturated rings. The van der Waals surface area contributed by atoms with Crippen LogP contribution in [0.15, 0.2) is 146 Å². The molecule has 4 saturated carbocycles. The van der Waals surface area contributed by atoms with E-state index in [2.05, 4.69) is 146 Å². The van der Waals surface area contributed by atoms with E-state index in [1.54, 1.807) is 11.1 Å². The van der Waals surface area contributed by atoms with Gasteiger partial charge in [0, 0.05) is 5.41 Å². The average molecular weight is 615 g/mol. The molecular formula is C48H38. The molecule has 1 spiro atoms. The summed E-state index contributed by atoms with van der Waals surface area (Å²) in [5.41, 5.74) is 14.3. The highest BCUT2D eigenvalue weighted by molar-refractivity contribution is 6.00. The first-order chi connectivity index (χ1) is 23.7. The number of rotatable bonds is 3. The van der Waals surface area contributed by atoms with Crippen LogP contribution in [0.3, 0.4) is 0 Å². The van der Waals surface area contributed by atoms with Crippen molar-refractivity contribution in [3.8, 4) is 44.5 Å². The molecule has 7 aromatic rings. The van der Waals surface area contributed by atoms with Crippen molar-refractivity contribution in [2.45, 2.75) is 37.5 Å². The summed E-state index contributed by atoms with van der Waals surface area (Å²) in [6.45, 7) is 0. The third-order valence-electron chi connectivity index (χ3n) is 13.0. The van der Waals surface area contributed by atoms with E-state index in [-0.39, 0.29) is 5.41 Å². The lowest BCUT2D eigenvalue weighted by atomic mass is 9.42. The Balaban J connectivity index is 1.09. The highest BCUT2D eigenvalue weighted by atomic mass is 14.7. The summed E-state index contributed by atoms with van der Waals surface area (Å²) in [5, 5.41) is 5.45. The summed E-state index contributed by atoms with van der Waals surface area (Å²) in [6.07, 6.45) is 7.05. The maximum atomic E-state index is 2.47. The van der Waals surface area contributed by atoms with Crippen LogP contribution in [0, 0.1) is 23.7 Å². The van der Waals surface area contributed by atoms with Crippen LogP contribution < -0.4 is 0 Å². The van der Waals surface area contributed by atoms with E-state index < -0.39 is 0 Å². The van der Waals surface area contributed by atoms with Gasteiger partial charge in [-0.15, -0.1) is 0 Å². The average Bonchev–Trinajstić information content (AvgIpc) is 3.45. The summed E-state index contributed by atoms with van der Waals surface area (Å²) in [7, 11) is 0. The molecule has 0 saturated heterocycles.